The molecule has 0 radical (unpaired) electrons. The SMILES string of the molecule is Cc1n(C)c(C(O)c2ccccc2)c(Br)[n+]1C. The molecule has 1 unspecified atom stereocenters. The minimum absolute atomic E-state index is 0.615. The molecule has 0 amide bonds. The van der Waals surface area contributed by atoms with Crippen molar-refractivity contribution in [2.45, 2.75) is 13.0 Å². The number of aromatic nitrogens is 2. The molecule has 0 saturated carbocycles. The Labute approximate surface area is 109 Å². The summed E-state index contributed by atoms with van der Waals surface area (Å²) in [6, 6.07) is 9.67. The first kappa shape index (κ1) is 12.3. The van der Waals surface area contributed by atoms with E-state index in [1.54, 1.807) is 0 Å². The average Bonchev–Trinajstić information content (AvgIpc) is 2.54. The number of halogens is 1. The first-order valence-corrected chi connectivity index (χ1v) is 6.27. The summed E-state index contributed by atoms with van der Waals surface area (Å²) in [7, 11) is 3.93. The Morgan fingerprint density at radius 3 is 2.35 bits per heavy atom. The molecule has 0 bridgehead atoms. The van der Waals surface area contributed by atoms with Gasteiger partial charge in [-0.15, -0.1) is 0 Å². The summed E-state index contributed by atoms with van der Waals surface area (Å²) in [6.07, 6.45) is -0.615. The zero-order valence-electron chi connectivity index (χ0n) is 10.2. The van der Waals surface area contributed by atoms with Crippen molar-refractivity contribution in [2.75, 3.05) is 0 Å². The third-order valence-corrected chi connectivity index (χ3v) is 4.15. The molecule has 2 rings (SSSR count). The Morgan fingerprint density at radius 2 is 1.88 bits per heavy atom. The highest BCUT2D eigenvalue weighted by Gasteiger charge is 2.28. The lowest BCUT2D eigenvalue weighted by molar-refractivity contribution is -0.688. The second kappa shape index (κ2) is 4.63. The van der Waals surface area contributed by atoms with Gasteiger partial charge in [-0.3, -0.25) is 0 Å². The molecule has 0 aliphatic heterocycles. The van der Waals surface area contributed by atoms with Crippen LogP contribution in [0.4, 0.5) is 0 Å². The molecule has 0 saturated heterocycles. The Bertz CT molecular complexity index is 509. The molecule has 0 spiro atoms. The van der Waals surface area contributed by atoms with Crippen molar-refractivity contribution in [2.24, 2.45) is 14.1 Å². The van der Waals surface area contributed by atoms with Gasteiger partial charge in [-0.2, -0.15) is 0 Å². The topological polar surface area (TPSA) is 29.0 Å². The molecule has 1 atom stereocenters. The first-order valence-electron chi connectivity index (χ1n) is 5.47. The van der Waals surface area contributed by atoms with E-state index in [1.165, 1.54) is 0 Å². The highest BCUT2D eigenvalue weighted by molar-refractivity contribution is 9.10. The number of aliphatic hydroxyl groups excluding tert-OH is 1. The number of rotatable bonds is 2. The van der Waals surface area contributed by atoms with Gasteiger partial charge in [0, 0.05) is 22.9 Å². The Morgan fingerprint density at radius 1 is 1.29 bits per heavy atom. The van der Waals surface area contributed by atoms with Crippen molar-refractivity contribution < 1.29 is 9.67 Å². The number of benzene rings is 1. The smallest absolute Gasteiger partial charge is 0.254 e. The number of nitrogens with zero attached hydrogens (tertiary/aromatic N) is 2. The van der Waals surface area contributed by atoms with Gasteiger partial charge in [0.25, 0.3) is 5.82 Å². The van der Waals surface area contributed by atoms with Crippen molar-refractivity contribution in [3.63, 3.8) is 0 Å². The molecular weight excluding hydrogens is 280 g/mol. The van der Waals surface area contributed by atoms with E-state index >= 15 is 0 Å². The molecular formula is C13H16BrN2O+. The van der Waals surface area contributed by atoms with Gasteiger partial charge in [0.15, 0.2) is 5.69 Å². The minimum Gasteiger partial charge on any atom is -0.380 e. The van der Waals surface area contributed by atoms with Crippen molar-refractivity contribution in [3.05, 3.63) is 52.0 Å². The zero-order valence-corrected chi connectivity index (χ0v) is 11.8. The van der Waals surface area contributed by atoms with Gasteiger partial charge in [-0.25, -0.2) is 9.13 Å². The average molecular weight is 296 g/mol. The lowest BCUT2D eigenvalue weighted by atomic mass is 10.1. The van der Waals surface area contributed by atoms with E-state index < -0.39 is 6.10 Å². The molecule has 0 fully saturated rings. The van der Waals surface area contributed by atoms with E-state index in [2.05, 4.69) is 15.9 Å². The van der Waals surface area contributed by atoms with Crippen LogP contribution in [-0.4, -0.2) is 9.67 Å². The van der Waals surface area contributed by atoms with Gasteiger partial charge >= 0.3 is 0 Å². The van der Waals surface area contributed by atoms with Gasteiger partial charge in [0.1, 0.15) is 6.10 Å². The highest BCUT2D eigenvalue weighted by Crippen LogP contribution is 2.27. The predicted molar refractivity (Wildman–Crippen MR) is 69.5 cm³/mol. The predicted octanol–water partition coefficient (Wildman–Crippen LogP) is 2.00. The summed E-state index contributed by atoms with van der Waals surface area (Å²) in [6.45, 7) is 2.02. The maximum Gasteiger partial charge on any atom is 0.254 e. The van der Waals surface area contributed by atoms with Crippen LogP contribution in [0, 0.1) is 6.92 Å². The number of hydrogen-bond donors (Lipinski definition) is 1. The molecule has 90 valence electrons. The number of aliphatic hydroxyl groups is 1. The van der Waals surface area contributed by atoms with E-state index in [4.69, 9.17) is 0 Å². The normalized spacial score (nSPS) is 12.8. The second-order valence-electron chi connectivity index (χ2n) is 4.15. The Balaban J connectivity index is 2.52. The molecule has 1 aromatic heterocycles. The summed E-state index contributed by atoms with van der Waals surface area (Å²) in [4.78, 5) is 0. The van der Waals surface area contributed by atoms with Gasteiger partial charge < -0.3 is 5.11 Å². The van der Waals surface area contributed by atoms with Gasteiger partial charge in [0.2, 0.25) is 4.60 Å². The van der Waals surface area contributed by atoms with Crippen LogP contribution < -0.4 is 4.57 Å². The lowest BCUT2D eigenvalue weighted by Crippen LogP contribution is -2.31. The molecule has 1 heterocycles. The first-order chi connectivity index (χ1) is 8.04. The summed E-state index contributed by atoms with van der Waals surface area (Å²) >= 11 is 3.53. The maximum absolute atomic E-state index is 10.4. The fourth-order valence-corrected chi connectivity index (χ4v) is 2.68. The molecule has 0 aliphatic carbocycles. The molecule has 1 N–H and O–H groups in total. The van der Waals surface area contributed by atoms with E-state index in [0.717, 1.165) is 21.7 Å². The molecule has 0 aliphatic rings. The van der Waals surface area contributed by atoms with E-state index in [-0.39, 0.29) is 0 Å². The number of hydrogen-bond acceptors (Lipinski definition) is 1. The van der Waals surface area contributed by atoms with Crippen LogP contribution in [-0.2, 0) is 14.1 Å². The summed E-state index contributed by atoms with van der Waals surface area (Å²) < 4.78 is 4.93. The monoisotopic (exact) mass is 295 g/mol. The number of imidazole rings is 1. The molecule has 3 nitrogen and oxygen atoms in total. The fraction of sp³-hybridized carbons (Fsp3) is 0.308. The van der Waals surface area contributed by atoms with Crippen LogP contribution in [0.1, 0.15) is 23.2 Å². The van der Waals surface area contributed by atoms with Crippen LogP contribution >= 0.6 is 15.9 Å². The van der Waals surface area contributed by atoms with Crippen LogP contribution in [0.25, 0.3) is 0 Å². The third kappa shape index (κ3) is 2.03. The maximum atomic E-state index is 10.4. The van der Waals surface area contributed by atoms with Gasteiger partial charge in [-0.05, 0) is 5.56 Å². The Hall–Kier alpha value is -1.13. The molecule has 1 aromatic carbocycles. The fourth-order valence-electron chi connectivity index (χ4n) is 1.94. The van der Waals surface area contributed by atoms with E-state index in [0.29, 0.717) is 0 Å². The molecule has 17 heavy (non-hydrogen) atoms. The minimum atomic E-state index is -0.615. The largest absolute Gasteiger partial charge is 0.380 e. The summed E-state index contributed by atoms with van der Waals surface area (Å²) in [5, 5.41) is 10.4. The molecule has 2 aromatic rings. The quantitative estimate of drug-likeness (QED) is 0.844. The lowest BCUT2D eigenvalue weighted by Gasteiger charge is -2.08. The van der Waals surface area contributed by atoms with Crippen LogP contribution in [0.3, 0.4) is 0 Å². The van der Waals surface area contributed by atoms with Crippen molar-refractivity contribution >= 4 is 15.9 Å². The van der Waals surface area contributed by atoms with Gasteiger partial charge in [-0.1, -0.05) is 30.3 Å². The van der Waals surface area contributed by atoms with Crippen LogP contribution in [0.15, 0.2) is 34.9 Å². The van der Waals surface area contributed by atoms with Gasteiger partial charge in [0.05, 0.1) is 14.1 Å². The standard InChI is InChI=1S/C13H16BrN2O/c1-9-15(2)11(13(14)16(9)3)12(17)10-7-5-4-6-8-10/h4-8,12,17H,1-3H3/q+1. The van der Waals surface area contributed by atoms with E-state index in [1.807, 2.05) is 60.5 Å². The van der Waals surface area contributed by atoms with Crippen molar-refractivity contribution in [1.29, 1.82) is 0 Å². The van der Waals surface area contributed by atoms with Crippen LogP contribution in [0.2, 0.25) is 0 Å². The van der Waals surface area contributed by atoms with E-state index in [9.17, 15) is 5.11 Å². The second-order valence-corrected chi connectivity index (χ2v) is 4.91. The third-order valence-electron chi connectivity index (χ3n) is 3.21. The zero-order chi connectivity index (χ0) is 12.6. The van der Waals surface area contributed by atoms with Crippen molar-refractivity contribution in [3.8, 4) is 0 Å². The highest BCUT2D eigenvalue weighted by atomic mass is 79.9. The molecule has 4 heteroatoms. The summed E-state index contributed by atoms with van der Waals surface area (Å²) in [5.74, 6) is 1.09. The Kier molecular flexibility index (Phi) is 3.35. The van der Waals surface area contributed by atoms with Crippen LogP contribution in [0.5, 0.6) is 0 Å². The summed E-state index contributed by atoms with van der Waals surface area (Å²) in [5.41, 5.74) is 1.77. The van der Waals surface area contributed by atoms with Crippen molar-refractivity contribution in [1.82, 2.24) is 4.57 Å².